The summed E-state index contributed by atoms with van der Waals surface area (Å²) in [5.74, 6) is 1.40. The molecular weight excluding hydrogens is 384 g/mol. The molecule has 0 atom stereocenters. The van der Waals surface area contributed by atoms with Gasteiger partial charge in [0, 0.05) is 12.3 Å². The van der Waals surface area contributed by atoms with Crippen LogP contribution in [0.25, 0.3) is 10.2 Å². The predicted molar refractivity (Wildman–Crippen MR) is 122 cm³/mol. The van der Waals surface area contributed by atoms with E-state index < -0.39 is 0 Å². The van der Waals surface area contributed by atoms with Crippen LogP contribution in [0.5, 0.6) is 0 Å². The Morgan fingerprint density at radius 1 is 1.14 bits per heavy atom. The minimum atomic E-state index is -0.0878. The van der Waals surface area contributed by atoms with Crippen LogP contribution >= 0.6 is 23.1 Å². The molecular formula is C23H28N2OS2. The molecule has 1 aromatic heterocycles. The fourth-order valence-electron chi connectivity index (χ4n) is 3.15. The maximum absolute atomic E-state index is 12.7. The third-order valence-corrected chi connectivity index (χ3v) is 6.67. The lowest BCUT2D eigenvalue weighted by Gasteiger charge is -2.06. The number of carbonyl (C=O) groups excluding carboxylic acids is 1. The molecule has 0 spiro atoms. The Kier molecular flexibility index (Phi) is 6.78. The number of aromatic nitrogens is 1. The van der Waals surface area contributed by atoms with Crippen molar-refractivity contribution in [2.45, 2.75) is 46.6 Å². The standard InChI is InChI=1S/C23H28N2OS2/c1-15(2)19-8-6-18(7-9-19)14-22(26)24-23-25(10-11-27-5)20-12-16(3)17(4)13-21(20)28-23/h6-9,12-13,15H,10-11,14H2,1-5H3. The van der Waals surface area contributed by atoms with Crippen LogP contribution in [0, 0.1) is 13.8 Å². The predicted octanol–water partition coefficient (Wildman–Crippen LogP) is 5.48. The first kappa shape index (κ1) is 20.9. The molecule has 0 saturated carbocycles. The fraction of sp³-hybridized carbons (Fsp3) is 0.391. The lowest BCUT2D eigenvalue weighted by atomic mass is 10.0. The first-order valence-electron chi connectivity index (χ1n) is 9.65. The van der Waals surface area contributed by atoms with Gasteiger partial charge in [0.05, 0.1) is 16.6 Å². The quantitative estimate of drug-likeness (QED) is 0.537. The molecule has 28 heavy (non-hydrogen) atoms. The Morgan fingerprint density at radius 3 is 2.46 bits per heavy atom. The summed E-state index contributed by atoms with van der Waals surface area (Å²) in [7, 11) is 0. The van der Waals surface area contributed by atoms with Gasteiger partial charge in [-0.3, -0.25) is 4.79 Å². The van der Waals surface area contributed by atoms with Crippen molar-refractivity contribution in [3.05, 3.63) is 63.5 Å². The number of fused-ring (bicyclic) bond motifs is 1. The molecule has 1 amide bonds. The minimum Gasteiger partial charge on any atom is -0.316 e. The summed E-state index contributed by atoms with van der Waals surface area (Å²) in [5.41, 5.74) is 6.02. The van der Waals surface area contributed by atoms with Crippen LogP contribution < -0.4 is 4.80 Å². The summed E-state index contributed by atoms with van der Waals surface area (Å²) in [5, 5.41) is 0. The zero-order chi connectivity index (χ0) is 20.3. The Labute approximate surface area is 175 Å². The molecule has 0 N–H and O–H groups in total. The second kappa shape index (κ2) is 9.10. The molecule has 1 heterocycles. The highest BCUT2D eigenvalue weighted by Crippen LogP contribution is 2.22. The largest absolute Gasteiger partial charge is 0.316 e. The van der Waals surface area contributed by atoms with Crippen LogP contribution in [0.3, 0.4) is 0 Å². The third-order valence-electron chi connectivity index (χ3n) is 5.04. The van der Waals surface area contributed by atoms with E-state index in [1.54, 1.807) is 23.1 Å². The first-order chi connectivity index (χ1) is 13.4. The van der Waals surface area contributed by atoms with E-state index in [1.165, 1.54) is 26.9 Å². The molecule has 0 aliphatic carbocycles. The van der Waals surface area contributed by atoms with Gasteiger partial charge in [-0.2, -0.15) is 16.8 Å². The van der Waals surface area contributed by atoms with Crippen LogP contribution in [0.2, 0.25) is 0 Å². The van der Waals surface area contributed by atoms with E-state index in [2.05, 4.69) is 67.8 Å². The number of thioether (sulfide) groups is 1. The summed E-state index contributed by atoms with van der Waals surface area (Å²) in [6.45, 7) is 9.47. The third kappa shape index (κ3) is 4.76. The highest BCUT2D eigenvalue weighted by atomic mass is 32.2. The molecule has 0 fully saturated rings. The fourth-order valence-corrected chi connectivity index (χ4v) is 4.67. The zero-order valence-corrected chi connectivity index (χ0v) is 18.9. The van der Waals surface area contributed by atoms with Crippen molar-refractivity contribution in [3.8, 4) is 0 Å². The number of rotatable bonds is 6. The van der Waals surface area contributed by atoms with E-state index >= 15 is 0 Å². The Hall–Kier alpha value is -1.85. The molecule has 3 nitrogen and oxygen atoms in total. The Morgan fingerprint density at radius 2 is 1.82 bits per heavy atom. The molecule has 5 heteroatoms. The van der Waals surface area contributed by atoms with E-state index in [9.17, 15) is 4.79 Å². The van der Waals surface area contributed by atoms with Gasteiger partial charge in [-0.15, -0.1) is 0 Å². The smallest absolute Gasteiger partial charge is 0.252 e. The number of hydrogen-bond acceptors (Lipinski definition) is 3. The monoisotopic (exact) mass is 412 g/mol. The molecule has 0 bridgehead atoms. The van der Waals surface area contributed by atoms with Crippen molar-refractivity contribution in [1.29, 1.82) is 0 Å². The summed E-state index contributed by atoms with van der Waals surface area (Å²) >= 11 is 3.42. The normalized spacial score (nSPS) is 12.3. The summed E-state index contributed by atoms with van der Waals surface area (Å²) in [6.07, 6.45) is 2.44. The minimum absolute atomic E-state index is 0.0878. The van der Waals surface area contributed by atoms with Gasteiger partial charge in [0.25, 0.3) is 5.91 Å². The van der Waals surface area contributed by atoms with Crippen molar-refractivity contribution < 1.29 is 4.79 Å². The van der Waals surface area contributed by atoms with Crippen LogP contribution in [0.15, 0.2) is 41.4 Å². The molecule has 3 rings (SSSR count). The van der Waals surface area contributed by atoms with Gasteiger partial charge < -0.3 is 4.57 Å². The number of amides is 1. The van der Waals surface area contributed by atoms with E-state index in [1.807, 2.05) is 12.1 Å². The molecule has 0 unspecified atom stereocenters. The summed E-state index contributed by atoms with van der Waals surface area (Å²) in [6, 6.07) is 12.7. The summed E-state index contributed by atoms with van der Waals surface area (Å²) < 4.78 is 3.39. The molecule has 3 aromatic rings. The lowest BCUT2D eigenvalue weighted by molar-refractivity contribution is -0.117. The highest BCUT2D eigenvalue weighted by Gasteiger charge is 2.10. The van der Waals surface area contributed by atoms with E-state index in [4.69, 9.17) is 0 Å². The van der Waals surface area contributed by atoms with E-state index in [0.717, 1.165) is 22.7 Å². The summed E-state index contributed by atoms with van der Waals surface area (Å²) in [4.78, 5) is 18.0. The molecule has 0 saturated heterocycles. The molecule has 0 aliphatic rings. The number of hydrogen-bond donors (Lipinski definition) is 0. The number of benzene rings is 2. The van der Waals surface area contributed by atoms with Gasteiger partial charge in [-0.05, 0) is 60.4 Å². The van der Waals surface area contributed by atoms with Gasteiger partial charge in [0.15, 0.2) is 4.80 Å². The van der Waals surface area contributed by atoms with E-state index in [0.29, 0.717) is 12.3 Å². The topological polar surface area (TPSA) is 34.4 Å². The van der Waals surface area contributed by atoms with Gasteiger partial charge in [-0.25, -0.2) is 0 Å². The maximum atomic E-state index is 12.7. The molecule has 0 radical (unpaired) electrons. The number of carbonyl (C=O) groups is 1. The van der Waals surface area contributed by atoms with Crippen molar-refractivity contribution in [2.24, 2.45) is 4.99 Å². The molecule has 2 aromatic carbocycles. The van der Waals surface area contributed by atoms with Gasteiger partial charge in [0.2, 0.25) is 0 Å². The van der Waals surface area contributed by atoms with Gasteiger partial charge in [-0.1, -0.05) is 49.4 Å². The van der Waals surface area contributed by atoms with Crippen LogP contribution in [0.1, 0.15) is 42.0 Å². The number of nitrogens with zero attached hydrogens (tertiary/aromatic N) is 2. The first-order valence-corrected chi connectivity index (χ1v) is 11.9. The highest BCUT2D eigenvalue weighted by molar-refractivity contribution is 7.98. The number of aryl methyl sites for hydroxylation is 3. The van der Waals surface area contributed by atoms with Crippen molar-refractivity contribution in [2.75, 3.05) is 12.0 Å². The second-order valence-electron chi connectivity index (χ2n) is 7.51. The van der Waals surface area contributed by atoms with Crippen molar-refractivity contribution in [3.63, 3.8) is 0 Å². The molecule has 148 valence electrons. The zero-order valence-electron chi connectivity index (χ0n) is 17.3. The number of thiazole rings is 1. The van der Waals surface area contributed by atoms with Crippen LogP contribution in [-0.2, 0) is 17.8 Å². The van der Waals surface area contributed by atoms with Crippen molar-refractivity contribution >= 4 is 39.2 Å². The van der Waals surface area contributed by atoms with Gasteiger partial charge >= 0.3 is 0 Å². The average Bonchev–Trinajstić information content (AvgIpc) is 2.96. The van der Waals surface area contributed by atoms with Crippen LogP contribution in [0.4, 0.5) is 0 Å². The van der Waals surface area contributed by atoms with E-state index in [-0.39, 0.29) is 5.91 Å². The van der Waals surface area contributed by atoms with Crippen molar-refractivity contribution in [1.82, 2.24) is 4.57 Å². The Balaban J connectivity index is 1.94. The molecule has 0 aliphatic heterocycles. The lowest BCUT2D eigenvalue weighted by Crippen LogP contribution is -2.18. The Bertz CT molecular complexity index is 1040. The maximum Gasteiger partial charge on any atom is 0.252 e. The second-order valence-corrected chi connectivity index (χ2v) is 9.51. The average molecular weight is 413 g/mol. The van der Waals surface area contributed by atoms with Crippen LogP contribution in [-0.4, -0.2) is 22.5 Å². The van der Waals surface area contributed by atoms with Gasteiger partial charge in [0.1, 0.15) is 0 Å². The SMILES string of the molecule is CSCCn1c(=NC(=O)Cc2ccc(C(C)C)cc2)sc2cc(C)c(C)cc21.